The minimum atomic E-state index is -0.644. The van der Waals surface area contributed by atoms with Crippen LogP contribution >= 0.6 is 11.6 Å². The molecule has 0 N–H and O–H groups in total. The third-order valence-corrected chi connectivity index (χ3v) is 2.85. The molecule has 1 aromatic rings. The summed E-state index contributed by atoms with van der Waals surface area (Å²) in [4.78, 5) is 25.0. The largest absolute Gasteiger partial charge is 0.459 e. The first-order chi connectivity index (χ1) is 9.84. The fourth-order valence-corrected chi connectivity index (χ4v) is 1.71. The standard InChI is InChI=1S/C15H20ClNO4/c1-15(2,3)17(14(19)21-11-16)9-13(18)20-10-12-7-5-4-6-8-12/h4-8H,9-11H2,1-3H3. The van der Waals surface area contributed by atoms with Gasteiger partial charge in [-0.05, 0) is 26.3 Å². The SMILES string of the molecule is CC(C)(C)N(CC(=O)OCc1ccccc1)C(=O)OCCl. The van der Waals surface area contributed by atoms with Crippen LogP contribution < -0.4 is 0 Å². The molecule has 21 heavy (non-hydrogen) atoms. The van der Waals surface area contributed by atoms with E-state index in [-0.39, 0.29) is 19.2 Å². The van der Waals surface area contributed by atoms with Crippen LogP contribution in [0.4, 0.5) is 4.79 Å². The highest BCUT2D eigenvalue weighted by Crippen LogP contribution is 2.15. The van der Waals surface area contributed by atoms with Crippen molar-refractivity contribution >= 4 is 23.7 Å². The van der Waals surface area contributed by atoms with Crippen LogP contribution in [0, 0.1) is 0 Å². The van der Waals surface area contributed by atoms with Crippen LogP contribution in [0.1, 0.15) is 26.3 Å². The number of carbonyl (C=O) groups is 2. The normalized spacial score (nSPS) is 10.9. The maximum atomic E-state index is 11.9. The molecule has 6 heteroatoms. The van der Waals surface area contributed by atoms with E-state index in [1.165, 1.54) is 4.90 Å². The Kier molecular flexibility index (Phi) is 6.49. The molecule has 0 unspecified atom stereocenters. The molecular formula is C15H20ClNO4. The Bertz CT molecular complexity index is 470. The number of esters is 1. The number of alkyl halides is 1. The molecule has 0 aliphatic carbocycles. The molecule has 116 valence electrons. The molecule has 0 heterocycles. The van der Waals surface area contributed by atoms with Crippen molar-refractivity contribution in [3.8, 4) is 0 Å². The minimum absolute atomic E-state index is 0.169. The van der Waals surface area contributed by atoms with Gasteiger partial charge in [-0.15, -0.1) is 0 Å². The molecule has 0 saturated carbocycles. The smallest absolute Gasteiger partial charge is 0.411 e. The Morgan fingerprint density at radius 3 is 2.29 bits per heavy atom. The first-order valence-corrected chi connectivity index (χ1v) is 7.08. The van der Waals surface area contributed by atoms with Gasteiger partial charge in [0, 0.05) is 5.54 Å². The highest BCUT2D eigenvalue weighted by Gasteiger charge is 2.30. The van der Waals surface area contributed by atoms with Crippen LogP contribution in [0.2, 0.25) is 0 Å². The van der Waals surface area contributed by atoms with Gasteiger partial charge in [0.25, 0.3) is 0 Å². The zero-order valence-corrected chi connectivity index (χ0v) is 13.2. The number of halogens is 1. The van der Waals surface area contributed by atoms with Gasteiger partial charge in [0.15, 0.2) is 6.07 Å². The minimum Gasteiger partial charge on any atom is -0.459 e. The van der Waals surface area contributed by atoms with Gasteiger partial charge in [0.2, 0.25) is 0 Å². The summed E-state index contributed by atoms with van der Waals surface area (Å²) in [7, 11) is 0. The zero-order chi connectivity index (χ0) is 15.9. The third kappa shape index (κ3) is 6.04. The molecular weight excluding hydrogens is 294 g/mol. The van der Waals surface area contributed by atoms with Crippen LogP contribution in [-0.4, -0.2) is 35.1 Å². The van der Waals surface area contributed by atoms with Crippen LogP contribution in [0.5, 0.6) is 0 Å². The van der Waals surface area contributed by atoms with Gasteiger partial charge in [-0.2, -0.15) is 0 Å². The molecule has 0 fully saturated rings. The molecule has 1 rings (SSSR count). The monoisotopic (exact) mass is 313 g/mol. The second-order valence-corrected chi connectivity index (χ2v) is 5.64. The topological polar surface area (TPSA) is 55.8 Å². The number of benzene rings is 1. The van der Waals surface area contributed by atoms with Crippen LogP contribution in [0.25, 0.3) is 0 Å². The van der Waals surface area contributed by atoms with Gasteiger partial charge in [-0.1, -0.05) is 41.9 Å². The number of rotatable bonds is 5. The molecule has 0 aliphatic rings. The number of ether oxygens (including phenoxy) is 2. The fourth-order valence-electron chi connectivity index (χ4n) is 1.61. The quantitative estimate of drug-likeness (QED) is 0.619. The summed E-state index contributed by atoms with van der Waals surface area (Å²) >= 11 is 5.38. The van der Waals surface area contributed by atoms with Gasteiger partial charge in [-0.25, -0.2) is 4.79 Å². The zero-order valence-electron chi connectivity index (χ0n) is 12.5. The van der Waals surface area contributed by atoms with Gasteiger partial charge >= 0.3 is 12.1 Å². The average Bonchev–Trinajstić information content (AvgIpc) is 2.42. The van der Waals surface area contributed by atoms with Crippen molar-refractivity contribution in [2.45, 2.75) is 32.9 Å². The maximum Gasteiger partial charge on any atom is 0.411 e. The predicted molar refractivity (Wildman–Crippen MR) is 79.9 cm³/mol. The van der Waals surface area contributed by atoms with Crippen LogP contribution in [0.3, 0.4) is 0 Å². The summed E-state index contributed by atoms with van der Waals surface area (Å²) in [5.74, 6) is -0.500. The van der Waals surface area contributed by atoms with Crippen molar-refractivity contribution in [1.82, 2.24) is 4.90 Å². The summed E-state index contributed by atoms with van der Waals surface area (Å²) in [5, 5.41) is 0. The lowest BCUT2D eigenvalue weighted by atomic mass is 10.1. The van der Waals surface area contributed by atoms with E-state index in [0.29, 0.717) is 0 Å². The average molecular weight is 314 g/mol. The summed E-state index contributed by atoms with van der Waals surface area (Å²) in [5.41, 5.74) is 0.311. The second-order valence-electron chi connectivity index (χ2n) is 5.42. The van der Waals surface area contributed by atoms with Crippen molar-refractivity contribution in [2.24, 2.45) is 0 Å². The predicted octanol–water partition coefficient (Wildman–Crippen LogP) is 3.16. The van der Waals surface area contributed by atoms with Crippen molar-refractivity contribution in [3.63, 3.8) is 0 Å². The lowest BCUT2D eigenvalue weighted by Gasteiger charge is -2.33. The molecule has 0 saturated heterocycles. The van der Waals surface area contributed by atoms with Crippen LogP contribution in [-0.2, 0) is 20.9 Å². The number of hydrogen-bond acceptors (Lipinski definition) is 4. The van der Waals surface area contributed by atoms with Gasteiger partial charge < -0.3 is 9.47 Å². The Hall–Kier alpha value is -1.75. The summed E-state index contributed by atoms with van der Waals surface area (Å²) in [6.07, 6.45) is -0.644. The Labute approximate surface area is 129 Å². The third-order valence-electron chi connectivity index (χ3n) is 2.74. The molecule has 0 spiro atoms. The van der Waals surface area contributed by atoms with Crippen molar-refractivity contribution in [2.75, 3.05) is 12.6 Å². The molecule has 1 aromatic carbocycles. The van der Waals surface area contributed by atoms with E-state index in [9.17, 15) is 9.59 Å². The van der Waals surface area contributed by atoms with Crippen molar-refractivity contribution < 1.29 is 19.1 Å². The van der Waals surface area contributed by atoms with E-state index >= 15 is 0 Å². The summed E-state index contributed by atoms with van der Waals surface area (Å²) < 4.78 is 9.90. The Balaban J connectivity index is 2.58. The second kappa shape index (κ2) is 7.88. The number of nitrogens with zero attached hydrogens (tertiary/aromatic N) is 1. The van der Waals surface area contributed by atoms with Gasteiger partial charge in [0.05, 0.1) is 0 Å². The molecule has 0 aliphatic heterocycles. The first kappa shape index (κ1) is 17.3. The highest BCUT2D eigenvalue weighted by molar-refractivity contribution is 6.17. The van der Waals surface area contributed by atoms with Gasteiger partial charge in [0.1, 0.15) is 13.2 Å². The lowest BCUT2D eigenvalue weighted by Crippen LogP contribution is -2.48. The van der Waals surface area contributed by atoms with E-state index in [1.54, 1.807) is 20.8 Å². The number of carbonyl (C=O) groups excluding carboxylic acids is 2. The Morgan fingerprint density at radius 1 is 1.14 bits per heavy atom. The molecule has 5 nitrogen and oxygen atoms in total. The number of amides is 1. The van der Waals surface area contributed by atoms with Gasteiger partial charge in [-0.3, -0.25) is 9.69 Å². The van der Waals surface area contributed by atoms with E-state index in [4.69, 9.17) is 21.1 Å². The molecule has 0 atom stereocenters. The molecule has 0 aromatic heterocycles. The first-order valence-electron chi connectivity index (χ1n) is 6.54. The maximum absolute atomic E-state index is 11.9. The highest BCUT2D eigenvalue weighted by atomic mass is 35.5. The lowest BCUT2D eigenvalue weighted by molar-refractivity contribution is -0.147. The van der Waals surface area contributed by atoms with Crippen molar-refractivity contribution in [3.05, 3.63) is 35.9 Å². The van der Waals surface area contributed by atoms with E-state index < -0.39 is 17.6 Å². The fraction of sp³-hybridized carbons (Fsp3) is 0.467. The van der Waals surface area contributed by atoms with Crippen LogP contribution in [0.15, 0.2) is 30.3 Å². The summed E-state index contributed by atoms with van der Waals surface area (Å²) in [6, 6.07) is 9.07. The van der Waals surface area contributed by atoms with E-state index in [0.717, 1.165) is 5.56 Å². The summed E-state index contributed by atoms with van der Waals surface area (Å²) in [6.45, 7) is 5.38. The molecule has 1 amide bonds. The van der Waals surface area contributed by atoms with E-state index in [2.05, 4.69) is 0 Å². The van der Waals surface area contributed by atoms with E-state index in [1.807, 2.05) is 30.3 Å². The van der Waals surface area contributed by atoms with Crippen molar-refractivity contribution in [1.29, 1.82) is 0 Å². The molecule has 0 radical (unpaired) electrons. The molecule has 0 bridgehead atoms. The Morgan fingerprint density at radius 2 is 1.76 bits per heavy atom. The number of hydrogen-bond donors (Lipinski definition) is 0.